The number of aliphatic hydroxyl groups is 1. The Morgan fingerprint density at radius 3 is 2.22 bits per heavy atom. The maximum atomic E-state index is 10.3. The summed E-state index contributed by atoms with van der Waals surface area (Å²) in [6.07, 6.45) is 0.710. The number of methoxy groups -OCH3 is 2. The summed E-state index contributed by atoms with van der Waals surface area (Å²) in [7, 11) is 3.14. The van der Waals surface area contributed by atoms with Crippen LogP contribution in [0, 0.1) is 0 Å². The van der Waals surface area contributed by atoms with E-state index in [4.69, 9.17) is 13.9 Å². The first-order valence-corrected chi connectivity index (χ1v) is 6.09. The predicted octanol–water partition coefficient (Wildman–Crippen LogP) is 3.14. The summed E-state index contributed by atoms with van der Waals surface area (Å²) >= 11 is 3.25. The first-order chi connectivity index (χ1) is 8.65. The van der Waals surface area contributed by atoms with Crippen LogP contribution in [-0.2, 0) is 0 Å². The second-order valence-electron chi connectivity index (χ2n) is 3.70. The summed E-state index contributed by atoms with van der Waals surface area (Å²) in [4.78, 5) is 0. The van der Waals surface area contributed by atoms with Gasteiger partial charge in [0.25, 0.3) is 0 Å². The molecule has 4 nitrogen and oxygen atoms in total. The van der Waals surface area contributed by atoms with Crippen molar-refractivity contribution in [3.05, 3.63) is 46.3 Å². The van der Waals surface area contributed by atoms with E-state index >= 15 is 0 Å². The summed E-state index contributed by atoms with van der Waals surface area (Å²) in [5.41, 5.74) is 1.33. The van der Waals surface area contributed by atoms with Crippen LogP contribution >= 0.6 is 15.9 Å². The standard InChI is InChI=1S/C13H13BrO4/c1-16-9-5-8(6-10(7-9)17-2)12(15)11-3-4-18-13(11)14/h3-7,12,15H,1-2H3. The molecule has 0 saturated heterocycles. The molecule has 1 aromatic carbocycles. The first kappa shape index (κ1) is 13.0. The maximum Gasteiger partial charge on any atom is 0.175 e. The van der Waals surface area contributed by atoms with Gasteiger partial charge in [-0.1, -0.05) is 0 Å². The number of ether oxygens (including phenoxy) is 2. The van der Waals surface area contributed by atoms with Crippen LogP contribution in [0.2, 0.25) is 0 Å². The summed E-state index contributed by atoms with van der Waals surface area (Å²) < 4.78 is 16.0. The number of benzene rings is 1. The molecule has 0 aliphatic rings. The molecule has 0 saturated carbocycles. The third-order valence-corrected chi connectivity index (χ3v) is 3.27. The van der Waals surface area contributed by atoms with Gasteiger partial charge in [0.2, 0.25) is 0 Å². The fourth-order valence-electron chi connectivity index (χ4n) is 1.67. The van der Waals surface area contributed by atoms with Crippen LogP contribution < -0.4 is 9.47 Å². The summed E-state index contributed by atoms with van der Waals surface area (Å²) in [5.74, 6) is 1.26. The van der Waals surface area contributed by atoms with E-state index in [0.717, 1.165) is 0 Å². The maximum absolute atomic E-state index is 10.3. The molecule has 2 aromatic rings. The van der Waals surface area contributed by atoms with Gasteiger partial charge in [-0.15, -0.1) is 0 Å². The zero-order valence-electron chi connectivity index (χ0n) is 10.0. The highest BCUT2D eigenvalue weighted by Gasteiger charge is 2.17. The molecule has 0 aliphatic carbocycles. The van der Waals surface area contributed by atoms with Gasteiger partial charge in [-0.05, 0) is 39.7 Å². The molecule has 0 amide bonds. The molecular weight excluding hydrogens is 300 g/mol. The van der Waals surface area contributed by atoms with Crippen molar-refractivity contribution in [2.75, 3.05) is 14.2 Å². The lowest BCUT2D eigenvalue weighted by molar-refractivity contribution is 0.217. The van der Waals surface area contributed by atoms with Crippen molar-refractivity contribution in [1.82, 2.24) is 0 Å². The minimum absolute atomic E-state index is 0.511. The topological polar surface area (TPSA) is 51.8 Å². The molecule has 0 bridgehead atoms. The fraction of sp³-hybridized carbons (Fsp3) is 0.231. The fourth-order valence-corrected chi connectivity index (χ4v) is 2.12. The number of rotatable bonds is 4. The van der Waals surface area contributed by atoms with Crippen molar-refractivity contribution in [2.45, 2.75) is 6.10 Å². The normalized spacial score (nSPS) is 12.2. The number of aliphatic hydroxyl groups excluding tert-OH is 1. The molecule has 0 radical (unpaired) electrons. The van der Waals surface area contributed by atoms with Gasteiger partial charge in [-0.25, -0.2) is 0 Å². The number of hydrogen-bond donors (Lipinski definition) is 1. The highest BCUT2D eigenvalue weighted by Crippen LogP contribution is 2.33. The Labute approximate surface area is 113 Å². The van der Waals surface area contributed by atoms with Crippen LogP contribution in [0.3, 0.4) is 0 Å². The van der Waals surface area contributed by atoms with Gasteiger partial charge in [-0.3, -0.25) is 0 Å². The Morgan fingerprint density at radius 1 is 1.17 bits per heavy atom. The molecule has 1 heterocycles. The molecule has 0 fully saturated rings. The molecule has 18 heavy (non-hydrogen) atoms. The van der Waals surface area contributed by atoms with E-state index in [2.05, 4.69) is 15.9 Å². The van der Waals surface area contributed by atoms with Crippen molar-refractivity contribution >= 4 is 15.9 Å². The largest absolute Gasteiger partial charge is 0.497 e. The monoisotopic (exact) mass is 312 g/mol. The average molecular weight is 313 g/mol. The van der Waals surface area contributed by atoms with E-state index in [-0.39, 0.29) is 0 Å². The second kappa shape index (κ2) is 5.46. The summed E-state index contributed by atoms with van der Waals surface area (Å²) in [5, 5.41) is 10.3. The molecule has 0 spiro atoms. The van der Waals surface area contributed by atoms with Crippen molar-refractivity contribution < 1.29 is 19.0 Å². The third kappa shape index (κ3) is 2.52. The van der Waals surface area contributed by atoms with Crippen molar-refractivity contribution in [1.29, 1.82) is 0 Å². The number of hydrogen-bond acceptors (Lipinski definition) is 4. The SMILES string of the molecule is COc1cc(OC)cc(C(O)c2ccoc2Br)c1. The molecule has 1 N–H and O–H groups in total. The Kier molecular flexibility index (Phi) is 3.93. The van der Waals surface area contributed by atoms with Crippen LogP contribution in [0.4, 0.5) is 0 Å². The van der Waals surface area contributed by atoms with E-state index in [1.807, 2.05) is 0 Å². The molecule has 0 aliphatic heterocycles. The van der Waals surface area contributed by atoms with Gasteiger partial charge in [-0.2, -0.15) is 0 Å². The molecular formula is C13H13BrO4. The van der Waals surface area contributed by atoms with Crippen molar-refractivity contribution in [3.8, 4) is 11.5 Å². The Balaban J connectivity index is 2.41. The predicted molar refractivity (Wildman–Crippen MR) is 70.0 cm³/mol. The van der Waals surface area contributed by atoms with Crippen molar-refractivity contribution in [2.24, 2.45) is 0 Å². The Morgan fingerprint density at radius 2 is 1.78 bits per heavy atom. The van der Waals surface area contributed by atoms with Crippen LogP contribution in [-0.4, -0.2) is 19.3 Å². The van der Waals surface area contributed by atoms with Crippen LogP contribution in [0.25, 0.3) is 0 Å². The number of furan rings is 1. The molecule has 5 heteroatoms. The molecule has 96 valence electrons. The highest BCUT2D eigenvalue weighted by atomic mass is 79.9. The number of halogens is 1. The Hall–Kier alpha value is -1.46. The zero-order chi connectivity index (χ0) is 13.1. The van der Waals surface area contributed by atoms with E-state index in [1.165, 1.54) is 6.26 Å². The summed E-state index contributed by atoms with van der Waals surface area (Å²) in [6.45, 7) is 0. The van der Waals surface area contributed by atoms with Crippen LogP contribution in [0.1, 0.15) is 17.2 Å². The van der Waals surface area contributed by atoms with E-state index in [1.54, 1.807) is 38.5 Å². The molecule has 1 atom stereocenters. The van der Waals surface area contributed by atoms with Gasteiger partial charge in [0.1, 0.15) is 17.6 Å². The lowest BCUT2D eigenvalue weighted by atomic mass is 10.0. The van der Waals surface area contributed by atoms with Crippen molar-refractivity contribution in [3.63, 3.8) is 0 Å². The van der Waals surface area contributed by atoms with Gasteiger partial charge in [0.15, 0.2) is 4.67 Å². The minimum Gasteiger partial charge on any atom is -0.497 e. The van der Waals surface area contributed by atoms with E-state index in [0.29, 0.717) is 27.3 Å². The van der Waals surface area contributed by atoms with Gasteiger partial charge in [0.05, 0.1) is 20.5 Å². The van der Waals surface area contributed by atoms with E-state index < -0.39 is 6.10 Å². The van der Waals surface area contributed by atoms with Crippen LogP contribution in [0.15, 0.2) is 39.6 Å². The smallest absolute Gasteiger partial charge is 0.175 e. The van der Waals surface area contributed by atoms with Gasteiger partial charge in [0, 0.05) is 11.6 Å². The lowest BCUT2D eigenvalue weighted by Gasteiger charge is -2.13. The average Bonchev–Trinajstić information content (AvgIpc) is 2.83. The van der Waals surface area contributed by atoms with Gasteiger partial charge >= 0.3 is 0 Å². The lowest BCUT2D eigenvalue weighted by Crippen LogP contribution is -2.00. The van der Waals surface area contributed by atoms with Crippen LogP contribution in [0.5, 0.6) is 11.5 Å². The summed E-state index contributed by atoms with van der Waals surface area (Å²) in [6, 6.07) is 6.97. The third-order valence-electron chi connectivity index (χ3n) is 2.63. The van der Waals surface area contributed by atoms with Gasteiger partial charge < -0.3 is 19.0 Å². The van der Waals surface area contributed by atoms with E-state index in [9.17, 15) is 5.11 Å². The molecule has 1 aromatic heterocycles. The zero-order valence-corrected chi connectivity index (χ0v) is 11.6. The quantitative estimate of drug-likeness (QED) is 0.942. The molecule has 1 unspecified atom stereocenters. The Bertz CT molecular complexity index is 513. The highest BCUT2D eigenvalue weighted by molar-refractivity contribution is 9.10. The first-order valence-electron chi connectivity index (χ1n) is 5.29. The second-order valence-corrected chi connectivity index (χ2v) is 4.42. The molecule has 2 rings (SSSR count). The minimum atomic E-state index is -0.804.